The number of ether oxygens (including phenoxy) is 2. The summed E-state index contributed by atoms with van der Waals surface area (Å²) in [7, 11) is 3.42. The van der Waals surface area contributed by atoms with Crippen molar-refractivity contribution in [3.63, 3.8) is 0 Å². The van der Waals surface area contributed by atoms with Crippen molar-refractivity contribution >= 4 is 17.3 Å². The number of hydrogen-bond acceptors (Lipinski definition) is 4. The highest BCUT2D eigenvalue weighted by Gasteiger charge is 2.07. The monoisotopic (exact) mass is 347 g/mol. The Morgan fingerprint density at radius 2 is 1.88 bits per heavy atom. The Labute approximate surface area is 147 Å². The molecule has 2 aromatic rings. The van der Waals surface area contributed by atoms with E-state index in [4.69, 9.17) is 9.47 Å². The van der Waals surface area contributed by atoms with Crippen LogP contribution in [0.25, 0.3) is 0 Å². The van der Waals surface area contributed by atoms with Gasteiger partial charge < -0.3 is 20.1 Å². The lowest BCUT2D eigenvalue weighted by atomic mass is 10.3. The van der Waals surface area contributed by atoms with Gasteiger partial charge in [0.1, 0.15) is 17.6 Å². The summed E-state index contributed by atoms with van der Waals surface area (Å²) >= 11 is 1.75. The van der Waals surface area contributed by atoms with Crippen molar-refractivity contribution in [3.8, 4) is 11.5 Å². The molecule has 0 bridgehead atoms. The molecule has 1 aromatic carbocycles. The lowest BCUT2D eigenvalue weighted by molar-refractivity contribution is 0.223. The number of nitrogens with one attached hydrogen (secondary N) is 2. The summed E-state index contributed by atoms with van der Waals surface area (Å²) in [6.07, 6.45) is 0.0143. The first-order chi connectivity index (χ1) is 11.6. The van der Waals surface area contributed by atoms with E-state index in [-0.39, 0.29) is 6.10 Å². The molecule has 0 fully saturated rings. The van der Waals surface area contributed by atoms with Crippen LogP contribution in [0.5, 0.6) is 11.5 Å². The molecule has 130 valence electrons. The van der Waals surface area contributed by atoms with Gasteiger partial charge in [-0.25, -0.2) is 0 Å². The second kappa shape index (κ2) is 9.17. The van der Waals surface area contributed by atoms with E-state index in [1.54, 1.807) is 25.5 Å². The number of aliphatic imine (C=N–C) groups is 1. The zero-order chi connectivity index (χ0) is 17.4. The van der Waals surface area contributed by atoms with E-state index in [0.29, 0.717) is 6.54 Å². The van der Waals surface area contributed by atoms with Crippen molar-refractivity contribution in [1.82, 2.24) is 10.6 Å². The molecule has 0 amide bonds. The second-order valence-electron chi connectivity index (χ2n) is 5.44. The Balaban J connectivity index is 1.76. The first kappa shape index (κ1) is 18.1. The SMILES string of the molecule is CN=C(NCc1sccc1C)NCC(C)Oc1ccc(OC)cc1. The zero-order valence-electron chi connectivity index (χ0n) is 14.6. The molecule has 24 heavy (non-hydrogen) atoms. The summed E-state index contributed by atoms with van der Waals surface area (Å²) in [6.45, 7) is 5.58. The van der Waals surface area contributed by atoms with Crippen molar-refractivity contribution < 1.29 is 9.47 Å². The van der Waals surface area contributed by atoms with E-state index in [0.717, 1.165) is 24.0 Å². The fraction of sp³-hybridized carbons (Fsp3) is 0.389. The third kappa shape index (κ3) is 5.45. The van der Waals surface area contributed by atoms with Crippen LogP contribution >= 0.6 is 11.3 Å². The molecule has 0 radical (unpaired) electrons. The fourth-order valence-corrected chi connectivity index (χ4v) is 2.98. The number of rotatable bonds is 7. The molecule has 0 aliphatic carbocycles. The summed E-state index contributed by atoms with van der Waals surface area (Å²) < 4.78 is 11.0. The predicted molar refractivity (Wildman–Crippen MR) is 100 cm³/mol. The van der Waals surface area contributed by atoms with Crippen LogP contribution < -0.4 is 20.1 Å². The third-order valence-corrected chi connectivity index (χ3v) is 4.58. The summed E-state index contributed by atoms with van der Waals surface area (Å²) in [5.41, 5.74) is 1.30. The largest absolute Gasteiger partial charge is 0.497 e. The van der Waals surface area contributed by atoms with E-state index >= 15 is 0 Å². The van der Waals surface area contributed by atoms with Crippen LogP contribution in [0.4, 0.5) is 0 Å². The number of aryl methyl sites for hydroxylation is 1. The number of nitrogens with zero attached hydrogens (tertiary/aromatic N) is 1. The molecule has 0 saturated heterocycles. The summed E-state index contributed by atoms with van der Waals surface area (Å²) in [4.78, 5) is 5.57. The van der Waals surface area contributed by atoms with Gasteiger partial charge in [-0.15, -0.1) is 11.3 Å². The molecule has 0 aliphatic heterocycles. The highest BCUT2D eigenvalue weighted by molar-refractivity contribution is 7.10. The van der Waals surface area contributed by atoms with Gasteiger partial charge >= 0.3 is 0 Å². The maximum atomic E-state index is 5.88. The van der Waals surface area contributed by atoms with Crippen LogP contribution in [0.3, 0.4) is 0 Å². The molecule has 0 spiro atoms. The number of guanidine groups is 1. The maximum Gasteiger partial charge on any atom is 0.191 e. The molecule has 0 saturated carbocycles. The van der Waals surface area contributed by atoms with Crippen LogP contribution in [0.1, 0.15) is 17.4 Å². The second-order valence-corrected chi connectivity index (χ2v) is 6.44. The summed E-state index contributed by atoms with van der Waals surface area (Å²) in [5.74, 6) is 2.41. The smallest absolute Gasteiger partial charge is 0.191 e. The van der Waals surface area contributed by atoms with Gasteiger partial charge in [0.15, 0.2) is 5.96 Å². The molecule has 1 aromatic heterocycles. The molecule has 2 N–H and O–H groups in total. The molecule has 2 rings (SSSR count). The van der Waals surface area contributed by atoms with Crippen molar-refractivity contribution in [2.24, 2.45) is 4.99 Å². The van der Waals surface area contributed by atoms with Gasteiger partial charge in [0.2, 0.25) is 0 Å². The van der Waals surface area contributed by atoms with E-state index in [1.807, 2.05) is 31.2 Å². The fourth-order valence-electron chi connectivity index (χ4n) is 2.14. The Morgan fingerprint density at radius 3 is 2.46 bits per heavy atom. The van der Waals surface area contributed by atoms with Gasteiger partial charge in [-0.1, -0.05) is 0 Å². The Hall–Kier alpha value is -2.21. The summed E-state index contributed by atoms with van der Waals surface area (Å²) in [5, 5.41) is 8.72. The predicted octanol–water partition coefficient (Wildman–Crippen LogP) is 3.20. The third-order valence-electron chi connectivity index (χ3n) is 3.56. The van der Waals surface area contributed by atoms with E-state index in [1.165, 1.54) is 10.4 Å². The number of hydrogen-bond donors (Lipinski definition) is 2. The quantitative estimate of drug-likeness (QED) is 0.597. The summed E-state index contributed by atoms with van der Waals surface area (Å²) in [6, 6.07) is 9.71. The Morgan fingerprint density at radius 1 is 1.17 bits per heavy atom. The topological polar surface area (TPSA) is 54.9 Å². The van der Waals surface area contributed by atoms with Crippen LogP contribution in [0.15, 0.2) is 40.7 Å². The van der Waals surface area contributed by atoms with Crippen LogP contribution in [-0.2, 0) is 6.54 Å². The van der Waals surface area contributed by atoms with Crippen molar-refractivity contribution in [1.29, 1.82) is 0 Å². The van der Waals surface area contributed by atoms with Gasteiger partial charge in [-0.3, -0.25) is 4.99 Å². The van der Waals surface area contributed by atoms with E-state index in [2.05, 4.69) is 34.0 Å². The molecule has 1 atom stereocenters. The molecule has 6 heteroatoms. The van der Waals surface area contributed by atoms with Gasteiger partial charge in [0.05, 0.1) is 20.2 Å². The average molecular weight is 347 g/mol. The minimum Gasteiger partial charge on any atom is -0.497 e. The lowest BCUT2D eigenvalue weighted by Gasteiger charge is -2.18. The molecule has 1 unspecified atom stereocenters. The minimum absolute atomic E-state index is 0.0143. The number of methoxy groups -OCH3 is 1. The zero-order valence-corrected chi connectivity index (χ0v) is 15.4. The van der Waals surface area contributed by atoms with Gasteiger partial charge in [-0.05, 0) is 55.1 Å². The first-order valence-corrected chi connectivity index (χ1v) is 8.78. The van der Waals surface area contributed by atoms with Crippen LogP contribution in [-0.4, -0.2) is 32.8 Å². The number of thiophene rings is 1. The molecular formula is C18H25N3O2S. The van der Waals surface area contributed by atoms with Crippen molar-refractivity contribution in [2.75, 3.05) is 20.7 Å². The molecule has 1 heterocycles. The average Bonchev–Trinajstić information content (AvgIpc) is 3.01. The van der Waals surface area contributed by atoms with E-state index < -0.39 is 0 Å². The standard InChI is InChI=1S/C18H25N3O2S/c1-13-9-10-24-17(13)12-21-18(19-3)20-11-14(2)23-16-7-5-15(22-4)6-8-16/h5-10,14H,11-12H2,1-4H3,(H2,19,20,21). The Bertz CT molecular complexity index is 653. The molecule has 0 aliphatic rings. The van der Waals surface area contributed by atoms with Crippen LogP contribution in [0.2, 0.25) is 0 Å². The van der Waals surface area contributed by atoms with Crippen LogP contribution in [0, 0.1) is 6.92 Å². The van der Waals surface area contributed by atoms with Gasteiger partial charge in [0, 0.05) is 11.9 Å². The normalized spacial score (nSPS) is 12.6. The van der Waals surface area contributed by atoms with Gasteiger partial charge in [-0.2, -0.15) is 0 Å². The highest BCUT2D eigenvalue weighted by Crippen LogP contribution is 2.18. The maximum absolute atomic E-state index is 5.88. The van der Waals surface area contributed by atoms with E-state index in [9.17, 15) is 0 Å². The minimum atomic E-state index is 0.0143. The van der Waals surface area contributed by atoms with Gasteiger partial charge in [0.25, 0.3) is 0 Å². The Kier molecular flexibility index (Phi) is 6.93. The first-order valence-electron chi connectivity index (χ1n) is 7.90. The number of benzene rings is 1. The van der Waals surface area contributed by atoms with Crippen molar-refractivity contribution in [3.05, 3.63) is 46.2 Å². The lowest BCUT2D eigenvalue weighted by Crippen LogP contribution is -2.41. The highest BCUT2D eigenvalue weighted by atomic mass is 32.1. The van der Waals surface area contributed by atoms with Crippen molar-refractivity contribution in [2.45, 2.75) is 26.5 Å². The molecular weight excluding hydrogens is 322 g/mol. The molecule has 5 nitrogen and oxygen atoms in total.